The number of carbonyl (C=O) groups is 1. The maximum Gasteiger partial charge on any atom is 0.292 e. The fourth-order valence-corrected chi connectivity index (χ4v) is 2.04. The van der Waals surface area contributed by atoms with Crippen molar-refractivity contribution < 1.29 is 19.0 Å². The third kappa shape index (κ3) is 3.70. The van der Waals surface area contributed by atoms with Crippen molar-refractivity contribution in [3.05, 3.63) is 58.5 Å². The summed E-state index contributed by atoms with van der Waals surface area (Å²) in [5.74, 6) is 0.501. The van der Waals surface area contributed by atoms with Crippen LogP contribution in [0.3, 0.4) is 0 Å². The van der Waals surface area contributed by atoms with Crippen molar-refractivity contribution in [3.8, 4) is 0 Å². The number of nitrogens with one attached hydrogen (secondary N) is 2. The largest absolute Gasteiger partial charge is 0.463 e. The van der Waals surface area contributed by atoms with Crippen molar-refractivity contribution in [1.82, 2.24) is 0 Å². The lowest BCUT2D eigenvalue weighted by atomic mass is 10.2. The standard InChI is InChI=1S/C15H17N3O4/c1-11(17(2)10-12-6-5-9-22-12)15(19)16-13-7-3-4-8-14(13)18(20)21/h3-9,11H,10H2,1-2H3,(H,16,19)/p+1/t11-/m1/s1. The summed E-state index contributed by atoms with van der Waals surface area (Å²) in [4.78, 5) is 23.6. The first-order valence-electron chi connectivity index (χ1n) is 6.88. The number of anilines is 1. The van der Waals surface area contributed by atoms with Crippen LogP contribution in [0.4, 0.5) is 11.4 Å². The number of nitrogens with zero attached hydrogens (tertiary/aromatic N) is 1. The number of nitro groups is 1. The molecule has 0 spiro atoms. The van der Waals surface area contributed by atoms with Crippen LogP contribution >= 0.6 is 0 Å². The van der Waals surface area contributed by atoms with E-state index in [0.29, 0.717) is 6.54 Å². The number of rotatable bonds is 6. The van der Waals surface area contributed by atoms with E-state index in [4.69, 9.17) is 4.42 Å². The molecule has 1 unspecified atom stereocenters. The predicted octanol–water partition coefficient (Wildman–Crippen LogP) is 1.23. The average molecular weight is 304 g/mol. The van der Waals surface area contributed by atoms with Crippen LogP contribution < -0.4 is 10.2 Å². The Balaban J connectivity index is 2.04. The van der Waals surface area contributed by atoms with Crippen molar-refractivity contribution >= 4 is 17.3 Å². The summed E-state index contributed by atoms with van der Waals surface area (Å²) >= 11 is 0. The summed E-state index contributed by atoms with van der Waals surface area (Å²) in [5, 5.41) is 13.6. The number of carbonyl (C=O) groups excluding carboxylic acids is 1. The van der Waals surface area contributed by atoms with Gasteiger partial charge in [-0.15, -0.1) is 0 Å². The maximum atomic E-state index is 12.3. The van der Waals surface area contributed by atoms with Crippen LogP contribution in [-0.2, 0) is 11.3 Å². The molecule has 116 valence electrons. The molecule has 1 aromatic carbocycles. The van der Waals surface area contributed by atoms with Crippen LogP contribution in [0.5, 0.6) is 0 Å². The number of para-hydroxylation sites is 2. The van der Waals surface area contributed by atoms with Gasteiger partial charge in [0.05, 0.1) is 18.2 Å². The number of likely N-dealkylation sites (N-methyl/N-ethyl adjacent to an activating group) is 1. The number of quaternary nitrogens is 1. The Hall–Kier alpha value is -2.67. The smallest absolute Gasteiger partial charge is 0.292 e. The van der Waals surface area contributed by atoms with Gasteiger partial charge in [-0.25, -0.2) is 0 Å². The second-order valence-electron chi connectivity index (χ2n) is 5.09. The SMILES string of the molecule is C[C@H](C(=O)Nc1ccccc1[N+](=O)[O-])[NH+](C)Cc1ccco1. The third-order valence-corrected chi connectivity index (χ3v) is 3.52. The Kier molecular flexibility index (Phi) is 4.90. The highest BCUT2D eigenvalue weighted by atomic mass is 16.6. The van der Waals surface area contributed by atoms with Gasteiger partial charge in [0.2, 0.25) is 0 Å². The first-order chi connectivity index (χ1) is 10.5. The molecular formula is C15H18N3O4+. The lowest BCUT2D eigenvalue weighted by Crippen LogP contribution is -3.12. The van der Waals surface area contributed by atoms with E-state index in [9.17, 15) is 14.9 Å². The van der Waals surface area contributed by atoms with E-state index in [1.165, 1.54) is 12.1 Å². The minimum Gasteiger partial charge on any atom is -0.463 e. The van der Waals surface area contributed by atoms with Crippen LogP contribution in [0.25, 0.3) is 0 Å². The van der Waals surface area contributed by atoms with E-state index in [1.807, 2.05) is 13.1 Å². The minimum absolute atomic E-state index is 0.119. The molecule has 1 amide bonds. The van der Waals surface area contributed by atoms with Crippen molar-refractivity contribution in [2.24, 2.45) is 0 Å². The van der Waals surface area contributed by atoms with Gasteiger partial charge in [-0.3, -0.25) is 14.9 Å². The summed E-state index contributed by atoms with van der Waals surface area (Å²) in [5.41, 5.74) is 0.0851. The number of benzene rings is 1. The van der Waals surface area contributed by atoms with E-state index in [0.717, 1.165) is 10.7 Å². The Morgan fingerprint density at radius 1 is 1.36 bits per heavy atom. The number of amides is 1. The summed E-state index contributed by atoms with van der Waals surface area (Å²) in [6.45, 7) is 2.32. The fraction of sp³-hybridized carbons (Fsp3) is 0.267. The Bertz CT molecular complexity index is 655. The van der Waals surface area contributed by atoms with Crippen molar-refractivity contribution in [1.29, 1.82) is 0 Å². The number of hydrogen-bond donors (Lipinski definition) is 2. The molecule has 0 aliphatic heterocycles. The molecule has 7 nitrogen and oxygen atoms in total. The predicted molar refractivity (Wildman–Crippen MR) is 80.5 cm³/mol. The van der Waals surface area contributed by atoms with Gasteiger partial charge >= 0.3 is 0 Å². The van der Waals surface area contributed by atoms with Crippen LogP contribution in [0.2, 0.25) is 0 Å². The zero-order valence-corrected chi connectivity index (χ0v) is 12.4. The molecule has 22 heavy (non-hydrogen) atoms. The zero-order chi connectivity index (χ0) is 16.1. The molecule has 1 heterocycles. The summed E-state index contributed by atoms with van der Waals surface area (Å²) in [6.07, 6.45) is 1.58. The van der Waals surface area contributed by atoms with Gasteiger partial charge in [0.25, 0.3) is 11.6 Å². The van der Waals surface area contributed by atoms with Gasteiger partial charge in [-0.1, -0.05) is 12.1 Å². The van der Waals surface area contributed by atoms with E-state index >= 15 is 0 Å². The number of furan rings is 1. The third-order valence-electron chi connectivity index (χ3n) is 3.52. The van der Waals surface area contributed by atoms with Crippen LogP contribution in [0.15, 0.2) is 47.1 Å². The molecule has 7 heteroatoms. The summed E-state index contributed by atoms with van der Waals surface area (Å²) < 4.78 is 5.26. The van der Waals surface area contributed by atoms with Gasteiger partial charge in [-0.05, 0) is 25.1 Å². The molecular weight excluding hydrogens is 286 g/mol. The van der Waals surface area contributed by atoms with Crippen LogP contribution in [0, 0.1) is 10.1 Å². The van der Waals surface area contributed by atoms with Gasteiger partial charge in [0.1, 0.15) is 12.2 Å². The summed E-state index contributed by atoms with van der Waals surface area (Å²) in [6, 6.07) is 9.34. The molecule has 0 aliphatic rings. The highest BCUT2D eigenvalue weighted by molar-refractivity contribution is 5.95. The molecule has 0 aliphatic carbocycles. The molecule has 2 N–H and O–H groups in total. The normalized spacial score (nSPS) is 13.4. The summed E-state index contributed by atoms with van der Waals surface area (Å²) in [7, 11) is 1.87. The fourth-order valence-electron chi connectivity index (χ4n) is 2.04. The Morgan fingerprint density at radius 2 is 2.09 bits per heavy atom. The average Bonchev–Trinajstić information content (AvgIpc) is 2.99. The minimum atomic E-state index is -0.514. The highest BCUT2D eigenvalue weighted by Gasteiger charge is 2.25. The molecule has 1 aromatic heterocycles. The van der Waals surface area contributed by atoms with E-state index in [-0.39, 0.29) is 23.3 Å². The molecule has 2 atom stereocenters. The second-order valence-corrected chi connectivity index (χ2v) is 5.09. The van der Waals surface area contributed by atoms with Crippen molar-refractivity contribution in [3.63, 3.8) is 0 Å². The molecule has 0 saturated heterocycles. The van der Waals surface area contributed by atoms with E-state index in [1.54, 1.807) is 31.4 Å². The lowest BCUT2D eigenvalue weighted by molar-refractivity contribution is -0.908. The van der Waals surface area contributed by atoms with E-state index in [2.05, 4.69) is 5.32 Å². The second kappa shape index (κ2) is 6.86. The van der Waals surface area contributed by atoms with Crippen LogP contribution in [-0.4, -0.2) is 23.9 Å². The number of nitro benzene ring substituents is 1. The molecule has 0 fully saturated rings. The lowest BCUT2D eigenvalue weighted by Gasteiger charge is -2.20. The topological polar surface area (TPSA) is 89.8 Å². The van der Waals surface area contributed by atoms with Gasteiger partial charge in [0, 0.05) is 6.07 Å². The molecule has 0 saturated carbocycles. The van der Waals surface area contributed by atoms with Crippen molar-refractivity contribution in [2.75, 3.05) is 12.4 Å². The van der Waals surface area contributed by atoms with E-state index < -0.39 is 4.92 Å². The Morgan fingerprint density at radius 3 is 2.73 bits per heavy atom. The quantitative estimate of drug-likeness (QED) is 0.620. The van der Waals surface area contributed by atoms with Gasteiger partial charge < -0.3 is 14.6 Å². The Labute approximate surface area is 127 Å². The first-order valence-corrected chi connectivity index (χ1v) is 6.88. The maximum absolute atomic E-state index is 12.3. The highest BCUT2D eigenvalue weighted by Crippen LogP contribution is 2.23. The molecule has 2 rings (SSSR count). The van der Waals surface area contributed by atoms with Gasteiger partial charge in [-0.2, -0.15) is 0 Å². The zero-order valence-electron chi connectivity index (χ0n) is 12.4. The monoisotopic (exact) mass is 304 g/mol. The van der Waals surface area contributed by atoms with Crippen LogP contribution in [0.1, 0.15) is 12.7 Å². The van der Waals surface area contributed by atoms with Gasteiger partial charge in [0.15, 0.2) is 11.8 Å². The molecule has 2 aromatic rings. The first kappa shape index (κ1) is 15.7. The van der Waals surface area contributed by atoms with Crippen molar-refractivity contribution in [2.45, 2.75) is 19.5 Å². The number of hydrogen-bond acceptors (Lipinski definition) is 4. The molecule has 0 radical (unpaired) electrons. The molecule has 0 bridgehead atoms.